The van der Waals surface area contributed by atoms with E-state index in [4.69, 9.17) is 4.74 Å². The SMILES string of the molecule is COCC(=O)N1CCN(S(=O)(=O)CCC2CCCC2)CC1. The molecule has 1 saturated carbocycles. The highest BCUT2D eigenvalue weighted by Crippen LogP contribution is 2.28. The van der Waals surface area contributed by atoms with Crippen LogP contribution in [0.2, 0.25) is 0 Å². The van der Waals surface area contributed by atoms with Crippen molar-refractivity contribution in [2.45, 2.75) is 32.1 Å². The molecule has 0 aromatic carbocycles. The molecule has 1 saturated heterocycles. The predicted octanol–water partition coefficient (Wildman–Crippen LogP) is 0.687. The van der Waals surface area contributed by atoms with Crippen LogP contribution in [0.4, 0.5) is 0 Å². The van der Waals surface area contributed by atoms with Crippen LogP contribution in [0.1, 0.15) is 32.1 Å². The molecule has 1 amide bonds. The zero-order valence-corrected chi connectivity index (χ0v) is 13.6. The highest BCUT2D eigenvalue weighted by Gasteiger charge is 2.29. The average molecular weight is 318 g/mol. The van der Waals surface area contributed by atoms with Gasteiger partial charge in [-0.25, -0.2) is 8.42 Å². The molecule has 2 fully saturated rings. The van der Waals surface area contributed by atoms with Crippen LogP contribution in [0.15, 0.2) is 0 Å². The third-order valence-corrected chi connectivity index (χ3v) is 6.41. The van der Waals surface area contributed by atoms with Crippen LogP contribution in [0, 0.1) is 5.92 Å². The van der Waals surface area contributed by atoms with E-state index in [-0.39, 0.29) is 18.3 Å². The number of methoxy groups -OCH3 is 1. The van der Waals surface area contributed by atoms with Crippen molar-refractivity contribution in [2.75, 3.05) is 45.6 Å². The van der Waals surface area contributed by atoms with Crippen molar-refractivity contribution in [3.05, 3.63) is 0 Å². The van der Waals surface area contributed by atoms with E-state index in [1.165, 1.54) is 32.8 Å². The third kappa shape index (κ3) is 4.66. The zero-order chi connectivity index (χ0) is 15.3. The Hall–Kier alpha value is -0.660. The lowest BCUT2D eigenvalue weighted by molar-refractivity contribution is -0.136. The second-order valence-electron chi connectivity index (χ2n) is 5.97. The molecule has 7 heteroatoms. The highest BCUT2D eigenvalue weighted by molar-refractivity contribution is 7.89. The van der Waals surface area contributed by atoms with E-state index < -0.39 is 10.0 Å². The van der Waals surface area contributed by atoms with Crippen molar-refractivity contribution in [1.82, 2.24) is 9.21 Å². The van der Waals surface area contributed by atoms with Crippen LogP contribution in [-0.2, 0) is 19.6 Å². The molecule has 6 nitrogen and oxygen atoms in total. The summed E-state index contributed by atoms with van der Waals surface area (Å²) >= 11 is 0. The second-order valence-corrected chi connectivity index (χ2v) is 8.06. The Morgan fingerprint density at radius 1 is 1.14 bits per heavy atom. The van der Waals surface area contributed by atoms with Crippen LogP contribution in [0.25, 0.3) is 0 Å². The minimum absolute atomic E-state index is 0.0639. The van der Waals surface area contributed by atoms with Gasteiger partial charge in [-0.3, -0.25) is 4.79 Å². The molecule has 0 unspecified atom stereocenters. The first kappa shape index (κ1) is 16.7. The van der Waals surface area contributed by atoms with Crippen molar-refractivity contribution in [3.63, 3.8) is 0 Å². The van der Waals surface area contributed by atoms with Gasteiger partial charge < -0.3 is 9.64 Å². The number of carbonyl (C=O) groups is 1. The lowest BCUT2D eigenvalue weighted by Gasteiger charge is -2.34. The number of sulfonamides is 1. The van der Waals surface area contributed by atoms with Gasteiger partial charge in [-0.1, -0.05) is 25.7 Å². The molecule has 122 valence electrons. The van der Waals surface area contributed by atoms with Gasteiger partial charge in [0.15, 0.2) is 0 Å². The fourth-order valence-electron chi connectivity index (χ4n) is 3.17. The topological polar surface area (TPSA) is 66.9 Å². The normalized spacial score (nSPS) is 21.9. The van der Waals surface area contributed by atoms with Gasteiger partial charge in [0.1, 0.15) is 6.61 Å². The molecule has 2 rings (SSSR count). The molecule has 0 aromatic rings. The summed E-state index contributed by atoms with van der Waals surface area (Å²) in [7, 11) is -1.68. The van der Waals surface area contributed by atoms with Gasteiger partial charge in [0.2, 0.25) is 15.9 Å². The Morgan fingerprint density at radius 2 is 1.76 bits per heavy atom. The summed E-state index contributed by atoms with van der Waals surface area (Å²) in [5.74, 6) is 0.772. The number of rotatable bonds is 6. The molecule has 0 aromatic heterocycles. The van der Waals surface area contributed by atoms with Crippen molar-refractivity contribution < 1.29 is 17.9 Å². The minimum atomic E-state index is -3.17. The summed E-state index contributed by atoms with van der Waals surface area (Å²) in [4.78, 5) is 13.4. The van der Waals surface area contributed by atoms with Crippen molar-refractivity contribution in [2.24, 2.45) is 5.92 Å². The summed E-state index contributed by atoms with van der Waals surface area (Å²) < 4.78 is 31.0. The van der Waals surface area contributed by atoms with Gasteiger partial charge in [-0.15, -0.1) is 0 Å². The predicted molar refractivity (Wildman–Crippen MR) is 80.4 cm³/mol. The lowest BCUT2D eigenvalue weighted by atomic mass is 10.1. The summed E-state index contributed by atoms with van der Waals surface area (Å²) in [5, 5.41) is 0. The lowest BCUT2D eigenvalue weighted by Crippen LogP contribution is -2.51. The van der Waals surface area contributed by atoms with Crippen molar-refractivity contribution in [3.8, 4) is 0 Å². The zero-order valence-electron chi connectivity index (χ0n) is 12.8. The number of hydrogen-bond acceptors (Lipinski definition) is 4. The Bertz CT molecular complexity index is 438. The van der Waals surface area contributed by atoms with Crippen molar-refractivity contribution >= 4 is 15.9 Å². The maximum absolute atomic E-state index is 12.3. The monoisotopic (exact) mass is 318 g/mol. The van der Waals surface area contributed by atoms with Gasteiger partial charge in [-0.2, -0.15) is 4.31 Å². The number of piperazine rings is 1. The molecule has 1 aliphatic heterocycles. The summed E-state index contributed by atoms with van der Waals surface area (Å²) in [6.45, 7) is 1.80. The quantitative estimate of drug-likeness (QED) is 0.722. The first-order valence-corrected chi connectivity index (χ1v) is 9.38. The van der Waals surface area contributed by atoms with Gasteiger partial charge >= 0.3 is 0 Å². The van der Waals surface area contributed by atoms with E-state index in [0.717, 1.165) is 6.42 Å². The Labute approximate surface area is 127 Å². The summed E-state index contributed by atoms with van der Waals surface area (Å²) in [6, 6.07) is 0. The van der Waals surface area contributed by atoms with Gasteiger partial charge in [0.25, 0.3) is 0 Å². The number of carbonyl (C=O) groups excluding carboxylic acids is 1. The molecule has 0 spiro atoms. The van der Waals surface area contributed by atoms with Crippen LogP contribution in [0.5, 0.6) is 0 Å². The molecule has 0 radical (unpaired) electrons. The number of ether oxygens (including phenoxy) is 1. The van der Waals surface area contributed by atoms with E-state index in [1.54, 1.807) is 9.21 Å². The van der Waals surface area contributed by atoms with E-state index in [9.17, 15) is 13.2 Å². The number of hydrogen-bond donors (Lipinski definition) is 0. The molecule has 21 heavy (non-hydrogen) atoms. The first-order valence-electron chi connectivity index (χ1n) is 7.77. The fourth-order valence-corrected chi connectivity index (χ4v) is 4.78. The molecule has 0 N–H and O–H groups in total. The molecule has 0 atom stereocenters. The summed E-state index contributed by atoms with van der Waals surface area (Å²) in [5.41, 5.74) is 0. The average Bonchev–Trinajstić information content (AvgIpc) is 2.99. The van der Waals surface area contributed by atoms with Gasteiger partial charge in [0, 0.05) is 33.3 Å². The largest absolute Gasteiger partial charge is 0.375 e. The fraction of sp³-hybridized carbons (Fsp3) is 0.929. The van der Waals surface area contributed by atoms with E-state index in [0.29, 0.717) is 32.1 Å². The molecular formula is C14H26N2O4S. The van der Waals surface area contributed by atoms with E-state index >= 15 is 0 Å². The van der Waals surface area contributed by atoms with Gasteiger partial charge in [0.05, 0.1) is 5.75 Å². The molecule has 2 aliphatic rings. The first-order chi connectivity index (χ1) is 10.0. The third-order valence-electron chi connectivity index (χ3n) is 4.51. The smallest absolute Gasteiger partial charge is 0.248 e. The van der Waals surface area contributed by atoms with Crippen LogP contribution >= 0.6 is 0 Å². The molecule has 0 bridgehead atoms. The van der Waals surface area contributed by atoms with Crippen LogP contribution in [-0.4, -0.2) is 69.2 Å². The maximum Gasteiger partial charge on any atom is 0.248 e. The Balaban J connectivity index is 1.78. The number of amides is 1. The van der Waals surface area contributed by atoms with Crippen LogP contribution in [0.3, 0.4) is 0 Å². The van der Waals surface area contributed by atoms with Crippen LogP contribution < -0.4 is 0 Å². The molecule has 1 heterocycles. The van der Waals surface area contributed by atoms with Gasteiger partial charge in [-0.05, 0) is 12.3 Å². The standard InChI is InChI=1S/C14H26N2O4S/c1-20-12-14(17)15-7-9-16(10-8-15)21(18,19)11-6-13-4-2-3-5-13/h13H,2-12H2,1H3. The minimum Gasteiger partial charge on any atom is -0.375 e. The Kier molecular flexibility index (Phi) is 6.01. The molecular weight excluding hydrogens is 292 g/mol. The van der Waals surface area contributed by atoms with E-state index in [1.807, 2.05) is 0 Å². The highest BCUT2D eigenvalue weighted by atomic mass is 32.2. The summed E-state index contributed by atoms with van der Waals surface area (Å²) in [6.07, 6.45) is 5.62. The Morgan fingerprint density at radius 3 is 2.33 bits per heavy atom. The second kappa shape index (κ2) is 7.56. The maximum atomic E-state index is 12.3. The molecule has 1 aliphatic carbocycles. The van der Waals surface area contributed by atoms with E-state index in [2.05, 4.69) is 0 Å². The number of nitrogens with zero attached hydrogens (tertiary/aromatic N) is 2. The van der Waals surface area contributed by atoms with Crippen molar-refractivity contribution in [1.29, 1.82) is 0 Å².